The van der Waals surface area contributed by atoms with E-state index in [-0.39, 0.29) is 6.10 Å². The summed E-state index contributed by atoms with van der Waals surface area (Å²) >= 11 is 1.45. The molecule has 1 saturated carbocycles. The second kappa shape index (κ2) is 9.60. The zero-order valence-corrected chi connectivity index (χ0v) is 21.1. The molecule has 0 aromatic carbocycles. The molecule has 2 aliphatic heterocycles. The van der Waals surface area contributed by atoms with Crippen molar-refractivity contribution in [1.29, 1.82) is 0 Å². The number of halogens is 1. The summed E-state index contributed by atoms with van der Waals surface area (Å²) in [6.45, 7) is 3.00. The highest BCUT2D eigenvalue weighted by Gasteiger charge is 2.42. The fraction of sp³-hybridized carbons (Fsp3) is 0.560. The van der Waals surface area contributed by atoms with E-state index < -0.39 is 5.67 Å². The van der Waals surface area contributed by atoms with Crippen molar-refractivity contribution in [3.63, 3.8) is 0 Å². The molecule has 1 N–H and O–H groups in total. The Morgan fingerprint density at radius 2 is 1.94 bits per heavy atom. The van der Waals surface area contributed by atoms with Gasteiger partial charge in [-0.25, -0.2) is 24.3 Å². The summed E-state index contributed by atoms with van der Waals surface area (Å²) in [4.78, 5) is 25.0. The van der Waals surface area contributed by atoms with Crippen molar-refractivity contribution in [3.8, 4) is 16.6 Å². The van der Waals surface area contributed by atoms with Gasteiger partial charge in [0.1, 0.15) is 11.8 Å². The first kappa shape index (κ1) is 23.6. The molecule has 3 aliphatic rings. The van der Waals surface area contributed by atoms with Gasteiger partial charge < -0.3 is 19.7 Å². The highest BCUT2D eigenvalue weighted by Crippen LogP contribution is 2.43. The summed E-state index contributed by atoms with van der Waals surface area (Å²) in [6, 6.07) is 2.25. The minimum atomic E-state index is -1.21. The van der Waals surface area contributed by atoms with Gasteiger partial charge in [0.15, 0.2) is 5.13 Å². The van der Waals surface area contributed by atoms with Crippen LogP contribution in [0.5, 0.6) is 6.01 Å². The molecule has 6 rings (SSSR count). The summed E-state index contributed by atoms with van der Waals surface area (Å²) in [5.74, 6) is 0.426. The number of nitrogens with one attached hydrogen (secondary N) is 1. The lowest BCUT2D eigenvalue weighted by Gasteiger charge is -2.45. The Bertz CT molecular complexity index is 1200. The molecule has 3 fully saturated rings. The fourth-order valence-electron chi connectivity index (χ4n) is 5.28. The van der Waals surface area contributed by atoms with Crippen LogP contribution < -0.4 is 10.1 Å². The number of aromatic nitrogens is 5. The number of anilines is 2. The van der Waals surface area contributed by atoms with E-state index in [0.717, 1.165) is 61.6 Å². The molecule has 1 atom stereocenters. The third-order valence-electron chi connectivity index (χ3n) is 7.41. The quantitative estimate of drug-likeness (QED) is 0.504. The lowest BCUT2D eigenvalue weighted by atomic mass is 9.72. The van der Waals surface area contributed by atoms with Gasteiger partial charge in [0.05, 0.1) is 23.8 Å². The van der Waals surface area contributed by atoms with E-state index in [1.54, 1.807) is 24.8 Å². The van der Waals surface area contributed by atoms with Crippen molar-refractivity contribution in [1.82, 2.24) is 29.8 Å². The number of nitrogens with zero attached hydrogens (tertiary/aromatic N) is 6. The average molecular weight is 512 g/mol. The maximum absolute atomic E-state index is 14.9. The Morgan fingerprint density at radius 1 is 1.14 bits per heavy atom. The van der Waals surface area contributed by atoms with Crippen LogP contribution in [-0.2, 0) is 11.2 Å². The van der Waals surface area contributed by atoms with E-state index in [2.05, 4.69) is 30.2 Å². The topological polar surface area (TPSA) is 98.2 Å². The molecule has 190 valence electrons. The van der Waals surface area contributed by atoms with Gasteiger partial charge in [0, 0.05) is 49.7 Å². The first-order valence-corrected chi connectivity index (χ1v) is 13.3. The molecule has 1 spiro atoms. The van der Waals surface area contributed by atoms with Gasteiger partial charge in [-0.1, -0.05) is 11.3 Å². The Labute approximate surface area is 213 Å². The van der Waals surface area contributed by atoms with Crippen LogP contribution in [0.15, 0.2) is 30.9 Å². The van der Waals surface area contributed by atoms with Crippen LogP contribution in [0.4, 0.5) is 15.5 Å². The van der Waals surface area contributed by atoms with E-state index in [0.29, 0.717) is 41.9 Å². The molecule has 11 heteroatoms. The van der Waals surface area contributed by atoms with Crippen molar-refractivity contribution < 1.29 is 13.9 Å². The van der Waals surface area contributed by atoms with Crippen LogP contribution in [0.2, 0.25) is 0 Å². The number of hydrogen-bond donors (Lipinski definition) is 1. The van der Waals surface area contributed by atoms with Crippen LogP contribution in [-0.4, -0.2) is 74.9 Å². The number of likely N-dealkylation sites (tertiary alicyclic amines) is 1. The van der Waals surface area contributed by atoms with Gasteiger partial charge in [-0.3, -0.25) is 0 Å². The van der Waals surface area contributed by atoms with Crippen molar-refractivity contribution >= 4 is 22.4 Å². The van der Waals surface area contributed by atoms with E-state index in [9.17, 15) is 4.39 Å². The number of rotatable bonds is 7. The summed E-state index contributed by atoms with van der Waals surface area (Å²) < 4.78 is 26.4. The molecule has 0 radical (unpaired) electrons. The van der Waals surface area contributed by atoms with Crippen LogP contribution in [0.3, 0.4) is 0 Å². The van der Waals surface area contributed by atoms with Crippen LogP contribution in [0.1, 0.15) is 37.7 Å². The predicted molar refractivity (Wildman–Crippen MR) is 134 cm³/mol. The van der Waals surface area contributed by atoms with E-state index in [1.807, 2.05) is 18.0 Å². The number of thiazole rings is 1. The zero-order chi connectivity index (χ0) is 24.6. The van der Waals surface area contributed by atoms with Crippen LogP contribution in [0, 0.1) is 5.41 Å². The van der Waals surface area contributed by atoms with E-state index >= 15 is 0 Å². The third kappa shape index (κ3) is 5.18. The molecule has 2 saturated heterocycles. The fourth-order valence-corrected chi connectivity index (χ4v) is 6.06. The molecule has 36 heavy (non-hydrogen) atoms. The average Bonchev–Trinajstić information content (AvgIpc) is 3.46. The SMILES string of the molecule is CN1CC[C@](F)(Cc2cnc(Nc3ncc(-c4ccnc(OC5CCC6(CC5)COC6)n4)s3)nc2)C1. The molecule has 5 heterocycles. The Balaban J connectivity index is 1.06. The maximum atomic E-state index is 14.9. The Morgan fingerprint density at radius 3 is 2.64 bits per heavy atom. The summed E-state index contributed by atoms with van der Waals surface area (Å²) in [5, 5.41) is 3.78. The summed E-state index contributed by atoms with van der Waals surface area (Å²) in [7, 11) is 1.94. The first-order valence-electron chi connectivity index (χ1n) is 12.5. The van der Waals surface area contributed by atoms with Crippen LogP contribution >= 0.6 is 11.3 Å². The predicted octanol–water partition coefficient (Wildman–Crippen LogP) is 4.06. The smallest absolute Gasteiger partial charge is 0.317 e. The minimum absolute atomic E-state index is 0.145. The zero-order valence-electron chi connectivity index (χ0n) is 20.3. The third-order valence-corrected chi connectivity index (χ3v) is 8.35. The van der Waals surface area contributed by atoms with Crippen molar-refractivity contribution in [2.75, 3.05) is 38.7 Å². The van der Waals surface area contributed by atoms with Crippen LogP contribution in [0.25, 0.3) is 10.6 Å². The first-order chi connectivity index (χ1) is 17.5. The molecule has 0 unspecified atom stereocenters. The maximum Gasteiger partial charge on any atom is 0.317 e. The van der Waals surface area contributed by atoms with Gasteiger partial charge in [0.25, 0.3) is 0 Å². The highest BCUT2D eigenvalue weighted by molar-refractivity contribution is 7.18. The van der Waals surface area contributed by atoms with Gasteiger partial charge in [-0.15, -0.1) is 0 Å². The summed E-state index contributed by atoms with van der Waals surface area (Å²) in [6.07, 6.45) is 12.1. The van der Waals surface area contributed by atoms with Gasteiger partial charge in [-0.2, -0.15) is 4.98 Å². The monoisotopic (exact) mass is 511 g/mol. The lowest BCUT2D eigenvalue weighted by Crippen LogP contribution is -2.46. The highest BCUT2D eigenvalue weighted by atomic mass is 32.1. The molecular weight excluding hydrogens is 481 g/mol. The number of hydrogen-bond acceptors (Lipinski definition) is 10. The molecule has 9 nitrogen and oxygen atoms in total. The number of ether oxygens (including phenoxy) is 2. The van der Waals surface area contributed by atoms with E-state index in [1.165, 1.54) is 11.3 Å². The molecule has 0 amide bonds. The molecule has 1 aliphatic carbocycles. The summed E-state index contributed by atoms with van der Waals surface area (Å²) in [5.41, 5.74) is 0.737. The van der Waals surface area contributed by atoms with Gasteiger partial charge >= 0.3 is 6.01 Å². The minimum Gasteiger partial charge on any atom is -0.460 e. The number of alkyl halides is 1. The van der Waals surface area contributed by atoms with Crippen molar-refractivity contribution in [3.05, 3.63) is 36.4 Å². The van der Waals surface area contributed by atoms with Gasteiger partial charge in [-0.05, 0) is 50.8 Å². The van der Waals surface area contributed by atoms with Gasteiger partial charge in [0.2, 0.25) is 5.95 Å². The molecule has 3 aromatic rings. The second-order valence-electron chi connectivity index (χ2n) is 10.4. The largest absolute Gasteiger partial charge is 0.460 e. The van der Waals surface area contributed by atoms with E-state index in [4.69, 9.17) is 9.47 Å². The molecule has 3 aromatic heterocycles. The lowest BCUT2D eigenvalue weighted by molar-refractivity contribution is -0.140. The van der Waals surface area contributed by atoms with Crippen molar-refractivity contribution in [2.45, 2.75) is 50.3 Å². The molecular formula is C25H30FN7O2S. The van der Waals surface area contributed by atoms with Crippen molar-refractivity contribution in [2.24, 2.45) is 5.41 Å². The second-order valence-corrected chi connectivity index (χ2v) is 11.5. The standard InChI is InChI=1S/C25H30FN7O2S/c1-33-9-7-25(26,14-33)10-17-11-28-21(29-12-17)32-23-30-13-20(36-23)19-4-8-27-22(31-19)35-18-2-5-24(6-3-18)15-34-16-24/h4,8,11-13,18H,2-3,5-7,9-10,14-16H2,1H3,(H,28,29,30,32)/t25-/m0/s1. The molecule has 0 bridgehead atoms. The Kier molecular flexibility index (Phi) is 6.30. The Hall–Kier alpha value is -2.76. The normalized spacial score (nSPS) is 24.1.